The number of nitrogens with zero attached hydrogens (tertiary/aromatic N) is 6. The first-order chi connectivity index (χ1) is 14.6. The van der Waals surface area contributed by atoms with Gasteiger partial charge in [0.15, 0.2) is 5.69 Å². The lowest BCUT2D eigenvalue weighted by atomic mass is 9.76. The van der Waals surface area contributed by atoms with Crippen LogP contribution in [0.3, 0.4) is 0 Å². The van der Waals surface area contributed by atoms with Crippen molar-refractivity contribution in [2.75, 3.05) is 11.9 Å². The molecule has 6 rings (SSSR count). The van der Waals surface area contributed by atoms with Gasteiger partial charge < -0.3 is 10.2 Å². The molecule has 0 radical (unpaired) electrons. The molecular weight excluding hydrogens is 378 g/mol. The number of pyridine rings is 2. The summed E-state index contributed by atoms with van der Waals surface area (Å²) in [5.41, 5.74) is 2.95. The lowest BCUT2D eigenvalue weighted by Crippen LogP contribution is -2.60. The molecule has 3 fully saturated rings. The van der Waals surface area contributed by atoms with E-state index in [2.05, 4.69) is 31.5 Å². The molecule has 1 amide bonds. The standard InChI is InChI=1S/C22H25N7O/c1-14-3-8-20(23-12-14)27-17-11-16-5-7-18(17)28(13-16)22(30)21-19(6-4-15(2)26-21)29-24-9-10-25-29/h3-4,6,8-10,12,16-18H,5,7,11,13H2,1-2H3,(H,23,27)/t16-,17+,18-/m0/s1. The monoisotopic (exact) mass is 403 g/mol. The summed E-state index contributed by atoms with van der Waals surface area (Å²) in [6.07, 6.45) is 8.27. The minimum absolute atomic E-state index is 0.0518. The molecule has 2 aliphatic heterocycles. The second-order valence-corrected chi connectivity index (χ2v) is 8.31. The topological polar surface area (TPSA) is 88.8 Å². The maximum absolute atomic E-state index is 13.7. The summed E-state index contributed by atoms with van der Waals surface area (Å²) in [4.78, 5) is 26.2. The van der Waals surface area contributed by atoms with E-state index in [-0.39, 0.29) is 18.0 Å². The molecule has 3 aromatic heterocycles. The number of hydrogen-bond donors (Lipinski definition) is 1. The molecule has 8 heteroatoms. The van der Waals surface area contributed by atoms with Crippen LogP contribution in [0.5, 0.6) is 0 Å². The molecule has 2 bridgehead atoms. The predicted molar refractivity (Wildman–Crippen MR) is 112 cm³/mol. The quantitative estimate of drug-likeness (QED) is 0.721. The van der Waals surface area contributed by atoms with Crippen molar-refractivity contribution >= 4 is 11.7 Å². The maximum Gasteiger partial charge on any atom is 0.275 e. The van der Waals surface area contributed by atoms with Crippen LogP contribution in [0.2, 0.25) is 0 Å². The predicted octanol–water partition coefficient (Wildman–Crippen LogP) is 2.78. The molecule has 2 saturated heterocycles. The van der Waals surface area contributed by atoms with Crippen LogP contribution in [-0.4, -0.2) is 54.4 Å². The van der Waals surface area contributed by atoms with Gasteiger partial charge >= 0.3 is 0 Å². The fraction of sp³-hybridized carbons (Fsp3) is 0.409. The highest BCUT2D eigenvalue weighted by Crippen LogP contribution is 2.37. The van der Waals surface area contributed by atoms with Crippen LogP contribution in [0, 0.1) is 19.8 Å². The van der Waals surface area contributed by atoms with Gasteiger partial charge in [-0.2, -0.15) is 10.2 Å². The molecule has 1 saturated carbocycles. The van der Waals surface area contributed by atoms with Crippen molar-refractivity contribution < 1.29 is 4.79 Å². The third-order valence-electron chi connectivity index (χ3n) is 6.13. The summed E-state index contributed by atoms with van der Waals surface area (Å²) in [7, 11) is 0. The van der Waals surface area contributed by atoms with E-state index < -0.39 is 0 Å². The molecule has 3 atom stereocenters. The number of rotatable bonds is 4. The van der Waals surface area contributed by atoms with E-state index in [1.807, 2.05) is 43.1 Å². The van der Waals surface area contributed by atoms with E-state index in [1.54, 1.807) is 12.4 Å². The van der Waals surface area contributed by atoms with Gasteiger partial charge in [0.1, 0.15) is 11.5 Å². The van der Waals surface area contributed by atoms with E-state index in [0.29, 0.717) is 17.3 Å². The van der Waals surface area contributed by atoms with Crippen LogP contribution in [0.4, 0.5) is 5.82 Å². The van der Waals surface area contributed by atoms with Crippen molar-refractivity contribution in [2.24, 2.45) is 5.92 Å². The number of amides is 1. The van der Waals surface area contributed by atoms with Gasteiger partial charge in [0.05, 0.1) is 18.4 Å². The van der Waals surface area contributed by atoms with Crippen LogP contribution in [0.25, 0.3) is 5.69 Å². The maximum atomic E-state index is 13.7. The van der Waals surface area contributed by atoms with Crippen LogP contribution in [0.15, 0.2) is 42.9 Å². The molecule has 1 N–H and O–H groups in total. The third kappa shape index (κ3) is 3.42. The largest absolute Gasteiger partial charge is 0.365 e. The number of piperidine rings is 2. The number of aromatic nitrogens is 5. The van der Waals surface area contributed by atoms with E-state index in [0.717, 1.165) is 42.9 Å². The average Bonchev–Trinajstić information content (AvgIpc) is 3.30. The smallest absolute Gasteiger partial charge is 0.275 e. The Morgan fingerprint density at radius 1 is 1.10 bits per heavy atom. The van der Waals surface area contributed by atoms with Gasteiger partial charge in [-0.1, -0.05) is 6.07 Å². The molecule has 0 spiro atoms. The fourth-order valence-corrected chi connectivity index (χ4v) is 4.67. The number of nitrogens with one attached hydrogen (secondary N) is 1. The Balaban J connectivity index is 1.44. The minimum atomic E-state index is -0.0518. The molecule has 3 aromatic rings. The Kier molecular flexibility index (Phi) is 4.69. The Morgan fingerprint density at radius 2 is 1.93 bits per heavy atom. The van der Waals surface area contributed by atoms with Gasteiger partial charge in [0.25, 0.3) is 5.91 Å². The van der Waals surface area contributed by atoms with Crippen molar-refractivity contribution in [1.29, 1.82) is 0 Å². The van der Waals surface area contributed by atoms with Crippen molar-refractivity contribution in [3.63, 3.8) is 0 Å². The number of carbonyl (C=O) groups excluding carboxylic acids is 1. The fourth-order valence-electron chi connectivity index (χ4n) is 4.67. The van der Waals surface area contributed by atoms with Crippen LogP contribution in [0.1, 0.15) is 41.0 Å². The van der Waals surface area contributed by atoms with Crippen LogP contribution in [-0.2, 0) is 0 Å². The lowest BCUT2D eigenvalue weighted by molar-refractivity contribution is 0.0276. The summed E-state index contributed by atoms with van der Waals surface area (Å²) < 4.78 is 0. The second kappa shape index (κ2) is 7.51. The molecule has 0 unspecified atom stereocenters. The Bertz CT molecular complexity index is 1050. The molecule has 30 heavy (non-hydrogen) atoms. The highest BCUT2D eigenvalue weighted by molar-refractivity contribution is 5.96. The van der Waals surface area contributed by atoms with E-state index in [4.69, 9.17) is 0 Å². The van der Waals surface area contributed by atoms with Crippen molar-refractivity contribution in [2.45, 2.75) is 45.2 Å². The molecule has 0 aromatic carbocycles. The van der Waals surface area contributed by atoms with E-state index in [9.17, 15) is 4.79 Å². The van der Waals surface area contributed by atoms with Crippen molar-refractivity contribution in [3.8, 4) is 5.69 Å². The first kappa shape index (κ1) is 18.7. The average molecular weight is 403 g/mol. The Morgan fingerprint density at radius 3 is 2.67 bits per heavy atom. The third-order valence-corrected chi connectivity index (χ3v) is 6.13. The van der Waals surface area contributed by atoms with Gasteiger partial charge in [0, 0.05) is 24.5 Å². The summed E-state index contributed by atoms with van der Waals surface area (Å²) in [5.74, 6) is 1.29. The van der Waals surface area contributed by atoms with Gasteiger partial charge in [-0.05, 0) is 62.8 Å². The van der Waals surface area contributed by atoms with Crippen LogP contribution >= 0.6 is 0 Å². The summed E-state index contributed by atoms with van der Waals surface area (Å²) >= 11 is 0. The number of fused-ring (bicyclic) bond motifs is 3. The molecule has 1 aliphatic carbocycles. The molecule has 8 nitrogen and oxygen atoms in total. The normalized spacial score (nSPS) is 22.9. The van der Waals surface area contributed by atoms with Crippen molar-refractivity contribution in [1.82, 2.24) is 29.9 Å². The summed E-state index contributed by atoms with van der Waals surface area (Å²) in [6, 6.07) is 8.11. The zero-order valence-electron chi connectivity index (χ0n) is 17.2. The lowest BCUT2D eigenvalue weighted by Gasteiger charge is -2.50. The number of hydrogen-bond acceptors (Lipinski definition) is 6. The summed E-state index contributed by atoms with van der Waals surface area (Å²) in [6.45, 7) is 4.69. The SMILES string of the molecule is Cc1ccc(N[C@@H]2C[C@@H]3CC[C@@H]2N(C(=O)c2nc(C)ccc2-n2nccn2)C3)nc1. The number of aryl methyl sites for hydroxylation is 2. The van der Waals surface area contributed by atoms with Crippen molar-refractivity contribution in [3.05, 3.63) is 59.8 Å². The Hall–Kier alpha value is -3.29. The highest BCUT2D eigenvalue weighted by atomic mass is 16.2. The van der Waals surface area contributed by atoms with Gasteiger partial charge in [-0.25, -0.2) is 9.97 Å². The molecular formula is C22H25N7O. The van der Waals surface area contributed by atoms with E-state index >= 15 is 0 Å². The first-order valence-corrected chi connectivity index (χ1v) is 10.4. The number of anilines is 1. The zero-order chi connectivity index (χ0) is 20.7. The van der Waals surface area contributed by atoms with E-state index in [1.165, 1.54) is 4.80 Å². The molecule has 5 heterocycles. The first-order valence-electron chi connectivity index (χ1n) is 10.4. The zero-order valence-corrected chi connectivity index (χ0v) is 17.2. The summed E-state index contributed by atoms with van der Waals surface area (Å²) in [5, 5.41) is 12.0. The van der Waals surface area contributed by atoms with Crippen LogP contribution < -0.4 is 5.32 Å². The number of carbonyl (C=O) groups is 1. The van der Waals surface area contributed by atoms with Gasteiger partial charge in [-0.3, -0.25) is 4.79 Å². The second-order valence-electron chi connectivity index (χ2n) is 8.31. The Labute approximate surface area is 175 Å². The van der Waals surface area contributed by atoms with Gasteiger partial charge in [-0.15, -0.1) is 4.80 Å². The molecule has 3 aliphatic rings. The highest BCUT2D eigenvalue weighted by Gasteiger charge is 2.44. The molecule has 154 valence electrons. The minimum Gasteiger partial charge on any atom is -0.365 e. The van der Waals surface area contributed by atoms with Gasteiger partial charge in [0.2, 0.25) is 0 Å².